The number of rotatable bonds is 5. The van der Waals surface area contributed by atoms with E-state index in [9.17, 15) is 9.59 Å². The van der Waals surface area contributed by atoms with Crippen molar-refractivity contribution in [1.29, 1.82) is 0 Å². The summed E-state index contributed by atoms with van der Waals surface area (Å²) in [4.78, 5) is 34.9. The Kier molecular flexibility index (Phi) is 5.08. The van der Waals surface area contributed by atoms with E-state index in [0.717, 1.165) is 12.8 Å². The van der Waals surface area contributed by atoms with Gasteiger partial charge in [0.2, 0.25) is 12.4 Å². The Balaban J connectivity index is 2.02. The number of anilines is 1. The average Bonchev–Trinajstić information content (AvgIpc) is 2.54. The summed E-state index contributed by atoms with van der Waals surface area (Å²) in [6, 6.07) is 1.88. The molecule has 7 nitrogen and oxygen atoms in total. The highest BCUT2D eigenvalue weighted by Gasteiger charge is 2.22. The molecule has 1 atom stereocenters. The maximum absolute atomic E-state index is 12.4. The summed E-state index contributed by atoms with van der Waals surface area (Å²) in [6.07, 6.45) is 3.36. The molecule has 0 saturated carbocycles. The van der Waals surface area contributed by atoms with E-state index in [4.69, 9.17) is 0 Å². The molecule has 7 heteroatoms. The first-order valence-corrected chi connectivity index (χ1v) is 7.22. The molecule has 1 aliphatic heterocycles. The van der Waals surface area contributed by atoms with Gasteiger partial charge in [-0.1, -0.05) is 6.92 Å². The molecule has 1 unspecified atom stereocenters. The lowest BCUT2D eigenvalue weighted by atomic mass is 10.2. The molecular formula is C14H21N5O2. The number of hydrogen-bond acceptors (Lipinski definition) is 5. The molecule has 1 saturated heterocycles. The molecule has 2 rings (SSSR count). The molecule has 0 radical (unpaired) electrons. The molecule has 2 amide bonds. The number of aromatic nitrogens is 2. The second-order valence-corrected chi connectivity index (χ2v) is 5.15. The summed E-state index contributed by atoms with van der Waals surface area (Å²) < 4.78 is 0. The molecule has 21 heavy (non-hydrogen) atoms. The van der Waals surface area contributed by atoms with Gasteiger partial charge in [0.25, 0.3) is 5.91 Å². The Hall–Kier alpha value is -2.18. The third-order valence-corrected chi connectivity index (χ3v) is 3.61. The van der Waals surface area contributed by atoms with Crippen LogP contribution in [0.15, 0.2) is 12.3 Å². The van der Waals surface area contributed by atoms with Gasteiger partial charge in [0.15, 0.2) is 0 Å². The number of piperazine rings is 1. The Bertz CT molecular complexity index is 500. The van der Waals surface area contributed by atoms with Crippen molar-refractivity contribution in [3.05, 3.63) is 18.0 Å². The van der Waals surface area contributed by atoms with Crippen molar-refractivity contribution in [2.24, 2.45) is 0 Å². The minimum absolute atomic E-state index is 0.116. The monoisotopic (exact) mass is 291 g/mol. The highest BCUT2D eigenvalue weighted by Crippen LogP contribution is 2.09. The van der Waals surface area contributed by atoms with Crippen molar-refractivity contribution in [3.63, 3.8) is 0 Å². The number of carbonyl (C=O) groups excluding carboxylic acids is 2. The lowest BCUT2D eigenvalue weighted by Crippen LogP contribution is -2.48. The van der Waals surface area contributed by atoms with Crippen LogP contribution in [0.25, 0.3) is 0 Å². The minimum Gasteiger partial charge on any atom is -0.352 e. The van der Waals surface area contributed by atoms with Crippen LogP contribution in [0.2, 0.25) is 0 Å². The summed E-state index contributed by atoms with van der Waals surface area (Å²) in [5.74, 6) is 0.358. The fourth-order valence-electron chi connectivity index (χ4n) is 2.06. The summed E-state index contributed by atoms with van der Waals surface area (Å²) in [7, 11) is 0. The molecule has 1 aromatic rings. The average molecular weight is 291 g/mol. The first-order valence-electron chi connectivity index (χ1n) is 7.22. The molecule has 114 valence electrons. The maximum atomic E-state index is 12.4. The van der Waals surface area contributed by atoms with Gasteiger partial charge in [-0.3, -0.25) is 9.59 Å². The van der Waals surface area contributed by atoms with E-state index in [0.29, 0.717) is 37.8 Å². The third-order valence-electron chi connectivity index (χ3n) is 3.61. The van der Waals surface area contributed by atoms with Gasteiger partial charge in [0.05, 0.1) is 0 Å². The van der Waals surface area contributed by atoms with Crippen LogP contribution in [0.3, 0.4) is 0 Å². The normalized spacial score (nSPS) is 16.5. The van der Waals surface area contributed by atoms with Gasteiger partial charge in [-0.05, 0) is 19.4 Å². The van der Waals surface area contributed by atoms with Crippen molar-refractivity contribution >= 4 is 18.3 Å². The van der Waals surface area contributed by atoms with Gasteiger partial charge in [0, 0.05) is 38.4 Å². The first-order chi connectivity index (χ1) is 10.1. The van der Waals surface area contributed by atoms with Crippen LogP contribution >= 0.6 is 0 Å². The van der Waals surface area contributed by atoms with Crippen molar-refractivity contribution in [2.75, 3.05) is 31.5 Å². The largest absolute Gasteiger partial charge is 0.352 e. The summed E-state index contributed by atoms with van der Waals surface area (Å²) in [5.41, 5.74) is 0.385. The Morgan fingerprint density at radius 1 is 1.43 bits per heavy atom. The Morgan fingerprint density at radius 2 is 2.14 bits per heavy atom. The second-order valence-electron chi connectivity index (χ2n) is 5.15. The lowest BCUT2D eigenvalue weighted by Gasteiger charge is -2.32. The van der Waals surface area contributed by atoms with Gasteiger partial charge < -0.3 is 15.1 Å². The number of amides is 2. The molecule has 0 aliphatic carbocycles. The molecule has 0 aromatic carbocycles. The van der Waals surface area contributed by atoms with Gasteiger partial charge in [0.1, 0.15) is 5.69 Å². The van der Waals surface area contributed by atoms with Crippen LogP contribution in [0.1, 0.15) is 30.8 Å². The molecule has 1 N–H and O–H groups in total. The van der Waals surface area contributed by atoms with Crippen LogP contribution in [-0.4, -0.2) is 64.3 Å². The number of hydrogen-bond donors (Lipinski definition) is 1. The third kappa shape index (κ3) is 3.90. The van der Waals surface area contributed by atoms with Crippen molar-refractivity contribution < 1.29 is 9.59 Å². The maximum Gasteiger partial charge on any atom is 0.272 e. The number of carbonyl (C=O) groups is 2. The van der Waals surface area contributed by atoms with E-state index in [-0.39, 0.29) is 11.9 Å². The molecule has 0 spiro atoms. The Labute approximate surface area is 124 Å². The summed E-state index contributed by atoms with van der Waals surface area (Å²) in [5, 5.41) is 3.16. The van der Waals surface area contributed by atoms with Crippen LogP contribution in [0.5, 0.6) is 0 Å². The molecule has 1 aliphatic rings. The van der Waals surface area contributed by atoms with Gasteiger partial charge in [-0.2, -0.15) is 0 Å². The van der Waals surface area contributed by atoms with E-state index in [1.54, 1.807) is 22.1 Å². The van der Waals surface area contributed by atoms with Crippen LogP contribution in [0, 0.1) is 0 Å². The van der Waals surface area contributed by atoms with E-state index in [1.807, 2.05) is 6.92 Å². The van der Waals surface area contributed by atoms with Crippen LogP contribution in [-0.2, 0) is 4.79 Å². The highest BCUT2D eigenvalue weighted by atomic mass is 16.2. The minimum atomic E-state index is -0.116. The van der Waals surface area contributed by atoms with E-state index in [2.05, 4.69) is 22.2 Å². The summed E-state index contributed by atoms with van der Waals surface area (Å²) in [6.45, 7) is 6.32. The van der Waals surface area contributed by atoms with Crippen molar-refractivity contribution in [2.45, 2.75) is 26.3 Å². The van der Waals surface area contributed by atoms with Crippen molar-refractivity contribution in [1.82, 2.24) is 19.8 Å². The summed E-state index contributed by atoms with van der Waals surface area (Å²) >= 11 is 0. The van der Waals surface area contributed by atoms with Crippen molar-refractivity contribution in [3.8, 4) is 0 Å². The molecule has 1 aromatic heterocycles. The van der Waals surface area contributed by atoms with E-state index in [1.165, 1.54) is 0 Å². The predicted molar refractivity (Wildman–Crippen MR) is 78.9 cm³/mol. The van der Waals surface area contributed by atoms with E-state index < -0.39 is 0 Å². The molecular weight excluding hydrogens is 270 g/mol. The topological polar surface area (TPSA) is 78.4 Å². The first kappa shape index (κ1) is 15.2. The zero-order valence-electron chi connectivity index (χ0n) is 12.5. The standard InChI is InChI=1S/C14H21N5O2/c1-3-11(2)16-14-15-5-4-12(17-14)13(21)19-8-6-18(10-20)7-9-19/h4-5,10-11H,3,6-9H2,1-2H3,(H,15,16,17). The molecule has 1 fully saturated rings. The quantitative estimate of drug-likeness (QED) is 0.804. The number of nitrogens with one attached hydrogen (secondary N) is 1. The zero-order chi connectivity index (χ0) is 15.2. The van der Waals surface area contributed by atoms with Gasteiger partial charge in [-0.25, -0.2) is 9.97 Å². The fraction of sp³-hybridized carbons (Fsp3) is 0.571. The number of nitrogens with zero attached hydrogens (tertiary/aromatic N) is 4. The van der Waals surface area contributed by atoms with Gasteiger partial charge >= 0.3 is 0 Å². The lowest BCUT2D eigenvalue weighted by molar-refractivity contribution is -0.119. The molecule has 2 heterocycles. The van der Waals surface area contributed by atoms with Crippen LogP contribution < -0.4 is 5.32 Å². The van der Waals surface area contributed by atoms with Gasteiger partial charge in [-0.15, -0.1) is 0 Å². The highest BCUT2D eigenvalue weighted by molar-refractivity contribution is 5.92. The zero-order valence-corrected chi connectivity index (χ0v) is 12.5. The fourth-order valence-corrected chi connectivity index (χ4v) is 2.06. The Morgan fingerprint density at radius 3 is 2.76 bits per heavy atom. The van der Waals surface area contributed by atoms with E-state index >= 15 is 0 Å². The molecule has 0 bridgehead atoms. The second kappa shape index (κ2) is 7.01. The van der Waals surface area contributed by atoms with Crippen LogP contribution in [0.4, 0.5) is 5.95 Å². The predicted octanol–water partition coefficient (Wildman–Crippen LogP) is 0.601. The SMILES string of the molecule is CCC(C)Nc1nccc(C(=O)N2CCN(C=O)CC2)n1. The smallest absolute Gasteiger partial charge is 0.272 e.